The van der Waals surface area contributed by atoms with Gasteiger partial charge in [-0.25, -0.2) is 8.78 Å². The molecule has 5 nitrogen and oxygen atoms in total. The molecule has 0 N–H and O–H groups in total. The molecule has 0 aliphatic carbocycles. The topological polar surface area (TPSA) is 48.5 Å². The molecule has 0 radical (unpaired) electrons. The Bertz CT molecular complexity index is 514. The van der Waals surface area contributed by atoms with E-state index in [-0.39, 0.29) is 11.6 Å². The molecule has 92 valence electrons. The fourth-order valence-corrected chi connectivity index (χ4v) is 1.67. The van der Waals surface area contributed by atoms with Crippen molar-refractivity contribution in [3.63, 3.8) is 0 Å². The molecule has 0 amide bonds. The number of hydrogen-bond donors (Lipinski definition) is 0. The van der Waals surface area contributed by atoms with E-state index in [0.717, 1.165) is 10.5 Å². The largest absolute Gasteiger partial charge is 0.298 e. The number of hydrogen-bond acceptors (Lipinski definition) is 3. The molecule has 0 saturated heterocycles. The van der Waals surface area contributed by atoms with Gasteiger partial charge in [0.05, 0.1) is 0 Å². The summed E-state index contributed by atoms with van der Waals surface area (Å²) >= 11 is 0. The van der Waals surface area contributed by atoms with E-state index in [1.165, 1.54) is 12.3 Å². The summed E-state index contributed by atoms with van der Waals surface area (Å²) in [7, 11) is 1.74. The normalized spacial score (nSPS) is 11.7. The monoisotopic (exact) mass is 241 g/mol. The smallest absolute Gasteiger partial charge is 0.280 e. The van der Waals surface area contributed by atoms with E-state index in [1.54, 1.807) is 11.6 Å². The Kier molecular flexibility index (Phi) is 2.91. The third-order valence-electron chi connectivity index (χ3n) is 2.49. The van der Waals surface area contributed by atoms with Crippen LogP contribution in [0.2, 0.25) is 0 Å². The Labute approximate surface area is 97.1 Å². The van der Waals surface area contributed by atoms with Crippen molar-refractivity contribution in [2.75, 3.05) is 0 Å². The maximum absolute atomic E-state index is 12.7. The second kappa shape index (κ2) is 4.23. The van der Waals surface area contributed by atoms with E-state index in [9.17, 15) is 8.78 Å². The van der Waals surface area contributed by atoms with Crippen molar-refractivity contribution in [1.29, 1.82) is 0 Å². The van der Waals surface area contributed by atoms with Crippen molar-refractivity contribution < 1.29 is 8.78 Å². The summed E-state index contributed by atoms with van der Waals surface area (Å²) in [6, 6.07) is 1.27. The molecule has 0 fully saturated rings. The summed E-state index contributed by atoms with van der Waals surface area (Å²) in [6.07, 6.45) is -1.26. The molecule has 0 unspecified atom stereocenters. The predicted octanol–water partition coefficient (Wildman–Crippen LogP) is 2.06. The van der Waals surface area contributed by atoms with Gasteiger partial charge in [-0.15, -0.1) is 10.2 Å². The van der Waals surface area contributed by atoms with Gasteiger partial charge in [0.15, 0.2) is 0 Å². The average Bonchev–Trinajstić information content (AvgIpc) is 2.82. The molecule has 0 spiro atoms. The second-order valence-corrected chi connectivity index (χ2v) is 4.04. The minimum absolute atomic E-state index is 0.173. The molecule has 2 rings (SSSR count). The van der Waals surface area contributed by atoms with E-state index in [1.807, 2.05) is 13.8 Å². The average molecular weight is 241 g/mol. The maximum atomic E-state index is 12.7. The van der Waals surface area contributed by atoms with Crippen LogP contribution in [0.5, 0.6) is 0 Å². The fraction of sp³-hybridized carbons (Fsp3) is 0.500. The van der Waals surface area contributed by atoms with Crippen LogP contribution in [0.3, 0.4) is 0 Å². The Morgan fingerprint density at radius 3 is 2.47 bits per heavy atom. The summed E-state index contributed by atoms with van der Waals surface area (Å²) in [4.78, 5) is 0. The summed E-state index contributed by atoms with van der Waals surface area (Å²) in [5.41, 5.74) is -0.184. The zero-order chi connectivity index (χ0) is 12.6. The highest BCUT2D eigenvalue weighted by Gasteiger charge is 2.20. The molecule has 0 aromatic carbocycles. The van der Waals surface area contributed by atoms with E-state index < -0.39 is 6.43 Å². The van der Waals surface area contributed by atoms with Gasteiger partial charge in [-0.2, -0.15) is 9.78 Å². The number of halogens is 2. The first-order valence-electron chi connectivity index (χ1n) is 5.24. The Hall–Kier alpha value is -1.79. The number of alkyl halides is 2. The zero-order valence-corrected chi connectivity index (χ0v) is 9.80. The first-order valence-corrected chi connectivity index (χ1v) is 5.24. The summed E-state index contributed by atoms with van der Waals surface area (Å²) in [6.45, 7) is 3.93. The third-order valence-corrected chi connectivity index (χ3v) is 2.49. The highest BCUT2D eigenvalue weighted by molar-refractivity contribution is 5.19. The minimum atomic E-state index is -2.59. The molecule has 7 heteroatoms. The van der Waals surface area contributed by atoms with Crippen molar-refractivity contribution in [2.24, 2.45) is 7.05 Å². The highest BCUT2D eigenvalue weighted by atomic mass is 19.3. The van der Waals surface area contributed by atoms with Gasteiger partial charge in [-0.3, -0.25) is 4.57 Å². The molecule has 0 atom stereocenters. The number of nitrogens with zero attached hydrogens (tertiary/aromatic N) is 5. The Balaban J connectivity index is 2.50. The van der Waals surface area contributed by atoms with E-state index >= 15 is 0 Å². The molecular weight excluding hydrogens is 228 g/mol. The van der Waals surface area contributed by atoms with Crippen molar-refractivity contribution in [3.8, 4) is 5.95 Å². The molecule has 0 saturated carbocycles. The molecule has 0 aliphatic heterocycles. The van der Waals surface area contributed by atoms with Crippen molar-refractivity contribution in [2.45, 2.75) is 26.2 Å². The molecule has 2 aromatic rings. The van der Waals surface area contributed by atoms with E-state index in [4.69, 9.17) is 0 Å². The van der Waals surface area contributed by atoms with Gasteiger partial charge < -0.3 is 0 Å². The van der Waals surface area contributed by atoms with Crippen LogP contribution in [-0.4, -0.2) is 24.5 Å². The van der Waals surface area contributed by atoms with Gasteiger partial charge in [-0.05, 0) is 6.07 Å². The van der Waals surface area contributed by atoms with Gasteiger partial charge in [0.25, 0.3) is 12.4 Å². The molecule has 2 heterocycles. The van der Waals surface area contributed by atoms with Crippen LogP contribution in [0, 0.1) is 0 Å². The highest BCUT2D eigenvalue weighted by Crippen LogP contribution is 2.21. The van der Waals surface area contributed by atoms with Crippen LogP contribution in [0.1, 0.15) is 37.7 Å². The molecule has 0 bridgehead atoms. The molecule has 2 aromatic heterocycles. The Morgan fingerprint density at radius 1 is 1.24 bits per heavy atom. The second-order valence-electron chi connectivity index (χ2n) is 4.04. The minimum Gasteiger partial charge on any atom is -0.298 e. The SMILES string of the molecule is CC(C)c1nnc(-n2nccc2C(F)F)n1C. The lowest BCUT2D eigenvalue weighted by Crippen LogP contribution is -2.10. The summed E-state index contributed by atoms with van der Waals surface area (Å²) in [5, 5.41) is 11.7. The van der Waals surface area contributed by atoms with Crippen molar-refractivity contribution in [3.05, 3.63) is 23.8 Å². The van der Waals surface area contributed by atoms with Crippen molar-refractivity contribution in [1.82, 2.24) is 24.5 Å². The number of rotatable bonds is 3. The zero-order valence-electron chi connectivity index (χ0n) is 9.80. The lowest BCUT2D eigenvalue weighted by atomic mass is 10.2. The third kappa shape index (κ3) is 1.92. The summed E-state index contributed by atoms with van der Waals surface area (Å²) in [5.74, 6) is 1.21. The van der Waals surface area contributed by atoms with Crippen LogP contribution in [0.4, 0.5) is 8.78 Å². The predicted molar refractivity (Wildman–Crippen MR) is 57.2 cm³/mol. The fourth-order valence-electron chi connectivity index (χ4n) is 1.67. The van der Waals surface area contributed by atoms with Gasteiger partial charge in [0.1, 0.15) is 11.5 Å². The van der Waals surface area contributed by atoms with E-state index in [0.29, 0.717) is 5.95 Å². The summed E-state index contributed by atoms with van der Waals surface area (Å²) < 4.78 is 28.2. The first kappa shape index (κ1) is 11.7. The molecule has 17 heavy (non-hydrogen) atoms. The molecule has 0 aliphatic rings. The number of aromatic nitrogens is 5. The van der Waals surface area contributed by atoms with Gasteiger partial charge >= 0.3 is 0 Å². The first-order chi connectivity index (χ1) is 8.02. The Morgan fingerprint density at radius 2 is 1.94 bits per heavy atom. The quantitative estimate of drug-likeness (QED) is 0.826. The van der Waals surface area contributed by atoms with Crippen molar-refractivity contribution >= 4 is 0 Å². The van der Waals surface area contributed by atoms with E-state index in [2.05, 4.69) is 15.3 Å². The van der Waals surface area contributed by atoms with Crippen LogP contribution in [-0.2, 0) is 7.05 Å². The maximum Gasteiger partial charge on any atom is 0.280 e. The lowest BCUT2D eigenvalue weighted by Gasteiger charge is -2.08. The van der Waals surface area contributed by atoms with Crippen LogP contribution < -0.4 is 0 Å². The van der Waals surface area contributed by atoms with Crippen LogP contribution >= 0.6 is 0 Å². The lowest BCUT2D eigenvalue weighted by molar-refractivity contribution is 0.142. The van der Waals surface area contributed by atoms with Gasteiger partial charge in [0.2, 0.25) is 0 Å². The standard InChI is InChI=1S/C10H13F2N5/c1-6(2)9-14-15-10(16(9)3)17-7(8(11)12)4-5-13-17/h4-6,8H,1-3H3. The van der Waals surface area contributed by atoms with Gasteiger partial charge in [0, 0.05) is 19.2 Å². The van der Waals surface area contributed by atoms with Crippen LogP contribution in [0.15, 0.2) is 12.3 Å². The molecular formula is C10H13F2N5. The van der Waals surface area contributed by atoms with Gasteiger partial charge in [-0.1, -0.05) is 13.8 Å². The van der Waals surface area contributed by atoms with Crippen LogP contribution in [0.25, 0.3) is 5.95 Å².